The number of halogens is 1. The third kappa shape index (κ3) is 3.57. The summed E-state index contributed by atoms with van der Waals surface area (Å²) in [5, 5.41) is 8.65. The van der Waals surface area contributed by atoms with Gasteiger partial charge in [-0.15, -0.1) is 10.2 Å². The van der Waals surface area contributed by atoms with Gasteiger partial charge in [0.05, 0.1) is 11.4 Å². The fraction of sp³-hybridized carbons (Fsp3) is 0.316. The summed E-state index contributed by atoms with van der Waals surface area (Å²) in [6.07, 6.45) is 1.50. The first kappa shape index (κ1) is 16.7. The Morgan fingerprint density at radius 2 is 1.77 bits per heavy atom. The molecule has 0 amide bonds. The van der Waals surface area contributed by atoms with Crippen molar-refractivity contribution in [3.63, 3.8) is 0 Å². The fourth-order valence-corrected chi connectivity index (χ4v) is 3.10. The van der Waals surface area contributed by atoms with Gasteiger partial charge in [-0.2, -0.15) is 0 Å². The zero-order valence-electron chi connectivity index (χ0n) is 14.6. The van der Waals surface area contributed by atoms with Crippen LogP contribution in [0, 0.1) is 12.7 Å². The summed E-state index contributed by atoms with van der Waals surface area (Å²) in [6, 6.07) is 10.2. The van der Waals surface area contributed by atoms with Gasteiger partial charge in [0.15, 0.2) is 12.2 Å². The van der Waals surface area contributed by atoms with Gasteiger partial charge in [-0.3, -0.25) is 4.90 Å². The summed E-state index contributed by atoms with van der Waals surface area (Å²) in [5.74, 6) is 1.50. The standard InChI is InChI=1S/C19H20FN5O/c1-14-18(21-13-26-14)12-24-8-10-25(11-9-24)19-7-6-17(22-23-19)15-2-4-16(20)5-3-15/h2-7,13H,8-12H2,1H3. The van der Waals surface area contributed by atoms with E-state index in [0.717, 1.165) is 61.3 Å². The largest absolute Gasteiger partial charge is 0.448 e. The summed E-state index contributed by atoms with van der Waals surface area (Å²) in [5.41, 5.74) is 2.61. The van der Waals surface area contributed by atoms with Crippen LogP contribution in [0.1, 0.15) is 11.5 Å². The number of oxazole rings is 1. The van der Waals surface area contributed by atoms with E-state index in [4.69, 9.17) is 4.42 Å². The molecule has 0 radical (unpaired) electrons. The molecule has 4 rings (SSSR count). The van der Waals surface area contributed by atoms with E-state index in [2.05, 4.69) is 25.0 Å². The maximum absolute atomic E-state index is 13.0. The molecule has 0 bridgehead atoms. The molecule has 3 heterocycles. The average molecular weight is 353 g/mol. The first-order valence-electron chi connectivity index (χ1n) is 8.65. The minimum Gasteiger partial charge on any atom is -0.448 e. The molecule has 0 unspecified atom stereocenters. The Bertz CT molecular complexity index is 854. The van der Waals surface area contributed by atoms with Crippen LogP contribution >= 0.6 is 0 Å². The molecule has 26 heavy (non-hydrogen) atoms. The second kappa shape index (κ2) is 7.21. The first-order valence-corrected chi connectivity index (χ1v) is 8.65. The summed E-state index contributed by atoms with van der Waals surface area (Å²) in [7, 11) is 0. The van der Waals surface area contributed by atoms with Gasteiger partial charge < -0.3 is 9.32 Å². The van der Waals surface area contributed by atoms with Crippen molar-refractivity contribution in [2.75, 3.05) is 31.1 Å². The van der Waals surface area contributed by atoms with Crippen molar-refractivity contribution >= 4 is 5.82 Å². The van der Waals surface area contributed by atoms with Crippen LogP contribution in [0.3, 0.4) is 0 Å². The molecule has 0 atom stereocenters. The van der Waals surface area contributed by atoms with E-state index >= 15 is 0 Å². The number of nitrogens with zero attached hydrogens (tertiary/aromatic N) is 5. The molecule has 134 valence electrons. The molecular weight excluding hydrogens is 333 g/mol. The van der Waals surface area contributed by atoms with Gasteiger partial charge in [-0.25, -0.2) is 9.37 Å². The van der Waals surface area contributed by atoms with Crippen molar-refractivity contribution in [2.24, 2.45) is 0 Å². The number of aromatic nitrogens is 3. The van der Waals surface area contributed by atoms with Crippen LogP contribution in [0.25, 0.3) is 11.3 Å². The van der Waals surface area contributed by atoms with Crippen molar-refractivity contribution < 1.29 is 8.81 Å². The summed E-state index contributed by atoms with van der Waals surface area (Å²) in [6.45, 7) is 6.41. The van der Waals surface area contributed by atoms with Gasteiger partial charge in [0, 0.05) is 38.3 Å². The van der Waals surface area contributed by atoms with Crippen LogP contribution in [0.2, 0.25) is 0 Å². The molecule has 7 heteroatoms. The maximum atomic E-state index is 13.0. The Morgan fingerprint density at radius 1 is 1.00 bits per heavy atom. The number of aryl methyl sites for hydroxylation is 1. The minimum atomic E-state index is -0.253. The molecular formula is C19H20FN5O. The number of piperazine rings is 1. The quantitative estimate of drug-likeness (QED) is 0.719. The van der Waals surface area contributed by atoms with E-state index in [1.54, 1.807) is 12.1 Å². The SMILES string of the molecule is Cc1ocnc1CN1CCN(c2ccc(-c3ccc(F)cc3)nn2)CC1. The number of rotatable bonds is 4. The molecule has 2 aromatic heterocycles. The average Bonchev–Trinajstić information content (AvgIpc) is 3.08. The summed E-state index contributed by atoms with van der Waals surface area (Å²) in [4.78, 5) is 8.86. The van der Waals surface area contributed by atoms with E-state index in [0.29, 0.717) is 0 Å². The molecule has 0 saturated carbocycles. The molecule has 6 nitrogen and oxygen atoms in total. The van der Waals surface area contributed by atoms with Crippen LogP contribution in [0.5, 0.6) is 0 Å². The van der Waals surface area contributed by atoms with Gasteiger partial charge >= 0.3 is 0 Å². The Hall–Kier alpha value is -2.80. The molecule has 1 aliphatic rings. The molecule has 1 aliphatic heterocycles. The van der Waals surface area contributed by atoms with Gasteiger partial charge in [0.1, 0.15) is 11.6 Å². The van der Waals surface area contributed by atoms with Crippen molar-refractivity contribution in [1.82, 2.24) is 20.1 Å². The van der Waals surface area contributed by atoms with Gasteiger partial charge in [0.25, 0.3) is 0 Å². The predicted octanol–water partition coefficient (Wildman–Crippen LogP) is 2.90. The molecule has 1 aromatic carbocycles. The van der Waals surface area contributed by atoms with Crippen LogP contribution in [0.15, 0.2) is 47.2 Å². The lowest BCUT2D eigenvalue weighted by molar-refractivity contribution is 0.245. The highest BCUT2D eigenvalue weighted by Crippen LogP contribution is 2.20. The summed E-state index contributed by atoms with van der Waals surface area (Å²) >= 11 is 0. The van der Waals surface area contributed by atoms with Crippen molar-refractivity contribution in [1.29, 1.82) is 0 Å². The lowest BCUT2D eigenvalue weighted by Crippen LogP contribution is -2.46. The van der Waals surface area contributed by atoms with Gasteiger partial charge in [-0.1, -0.05) is 0 Å². The molecule has 0 spiro atoms. The Kier molecular flexibility index (Phi) is 4.62. The lowest BCUT2D eigenvalue weighted by Gasteiger charge is -2.34. The van der Waals surface area contributed by atoms with Crippen LogP contribution in [-0.2, 0) is 6.54 Å². The number of hydrogen-bond acceptors (Lipinski definition) is 6. The van der Waals surface area contributed by atoms with E-state index < -0.39 is 0 Å². The molecule has 1 fully saturated rings. The molecule has 1 saturated heterocycles. The normalized spacial score (nSPS) is 15.4. The van der Waals surface area contributed by atoms with E-state index in [1.807, 2.05) is 19.1 Å². The zero-order chi connectivity index (χ0) is 17.9. The summed E-state index contributed by atoms with van der Waals surface area (Å²) < 4.78 is 18.3. The van der Waals surface area contributed by atoms with Crippen molar-refractivity contribution in [2.45, 2.75) is 13.5 Å². The zero-order valence-corrected chi connectivity index (χ0v) is 14.6. The second-order valence-corrected chi connectivity index (χ2v) is 6.40. The van der Waals surface area contributed by atoms with Gasteiger partial charge in [-0.05, 0) is 43.3 Å². The van der Waals surface area contributed by atoms with E-state index in [-0.39, 0.29) is 5.82 Å². The third-order valence-corrected chi connectivity index (χ3v) is 4.70. The van der Waals surface area contributed by atoms with Gasteiger partial charge in [0.2, 0.25) is 0 Å². The van der Waals surface area contributed by atoms with Crippen LogP contribution in [0.4, 0.5) is 10.2 Å². The first-order chi connectivity index (χ1) is 12.7. The molecule has 3 aromatic rings. The Labute approximate surface area is 151 Å². The predicted molar refractivity (Wildman–Crippen MR) is 96.2 cm³/mol. The minimum absolute atomic E-state index is 0.253. The smallest absolute Gasteiger partial charge is 0.181 e. The van der Waals surface area contributed by atoms with E-state index in [9.17, 15) is 4.39 Å². The third-order valence-electron chi connectivity index (χ3n) is 4.70. The molecule has 0 N–H and O–H groups in total. The van der Waals surface area contributed by atoms with Crippen molar-refractivity contribution in [3.05, 3.63) is 60.1 Å². The molecule has 0 aliphatic carbocycles. The fourth-order valence-electron chi connectivity index (χ4n) is 3.10. The maximum Gasteiger partial charge on any atom is 0.181 e. The lowest BCUT2D eigenvalue weighted by atomic mass is 10.1. The number of anilines is 1. The van der Waals surface area contributed by atoms with Crippen LogP contribution < -0.4 is 4.90 Å². The highest BCUT2D eigenvalue weighted by molar-refractivity contribution is 5.59. The van der Waals surface area contributed by atoms with Crippen molar-refractivity contribution in [3.8, 4) is 11.3 Å². The number of benzene rings is 1. The van der Waals surface area contributed by atoms with Crippen LogP contribution in [-0.4, -0.2) is 46.3 Å². The monoisotopic (exact) mass is 353 g/mol. The highest BCUT2D eigenvalue weighted by atomic mass is 19.1. The highest BCUT2D eigenvalue weighted by Gasteiger charge is 2.20. The Morgan fingerprint density at radius 3 is 2.38 bits per heavy atom. The van der Waals surface area contributed by atoms with E-state index in [1.165, 1.54) is 18.5 Å². The Balaban J connectivity index is 1.37. The topological polar surface area (TPSA) is 58.3 Å². The number of hydrogen-bond donors (Lipinski definition) is 0. The second-order valence-electron chi connectivity index (χ2n) is 6.40.